The quantitative estimate of drug-likeness (QED) is 0.799. The fourth-order valence-corrected chi connectivity index (χ4v) is 2.17. The third kappa shape index (κ3) is 4.50. The van der Waals surface area contributed by atoms with E-state index in [1.165, 1.54) is 38.5 Å². The van der Waals surface area contributed by atoms with Crippen molar-refractivity contribution in [3.63, 3.8) is 0 Å². The maximum absolute atomic E-state index is 13.6. The van der Waals surface area contributed by atoms with Crippen LogP contribution < -0.4 is 14.8 Å². The molecule has 0 spiro atoms. The number of methoxy groups -OCH3 is 2. The lowest BCUT2D eigenvalue weighted by Crippen LogP contribution is -2.30. The van der Waals surface area contributed by atoms with Crippen LogP contribution in [-0.4, -0.2) is 32.2 Å². The molecule has 0 aliphatic rings. The van der Waals surface area contributed by atoms with Crippen LogP contribution in [0.1, 0.15) is 22.8 Å². The zero-order valence-corrected chi connectivity index (χ0v) is 15.0. The molecule has 0 saturated carbocycles. The lowest BCUT2D eigenvalue weighted by atomic mass is 10.2. The van der Waals surface area contributed by atoms with E-state index < -0.39 is 23.8 Å². The Morgan fingerprint density at radius 3 is 2.42 bits per heavy atom. The summed E-state index contributed by atoms with van der Waals surface area (Å²) in [5.74, 6) is -0.794. The van der Waals surface area contributed by atoms with Gasteiger partial charge in [0.15, 0.2) is 17.6 Å². The van der Waals surface area contributed by atoms with Gasteiger partial charge in [0.25, 0.3) is 5.91 Å². The van der Waals surface area contributed by atoms with Crippen LogP contribution in [0.4, 0.5) is 10.1 Å². The van der Waals surface area contributed by atoms with Crippen molar-refractivity contribution in [3.05, 3.63) is 53.3 Å². The number of rotatable bonds is 6. The molecule has 1 atom stereocenters. The Morgan fingerprint density at radius 2 is 1.81 bits per heavy atom. The number of anilines is 1. The summed E-state index contributed by atoms with van der Waals surface area (Å²) in [7, 11) is 2.70. The molecule has 6 nitrogen and oxygen atoms in total. The van der Waals surface area contributed by atoms with E-state index in [1.807, 2.05) is 0 Å². The van der Waals surface area contributed by atoms with Gasteiger partial charge in [-0.05, 0) is 49.7 Å². The second-order valence-electron chi connectivity index (χ2n) is 5.57. The molecule has 0 bridgehead atoms. The second-order valence-corrected chi connectivity index (χ2v) is 5.57. The molecule has 2 aromatic carbocycles. The summed E-state index contributed by atoms with van der Waals surface area (Å²) >= 11 is 0. The largest absolute Gasteiger partial charge is 0.493 e. The molecule has 138 valence electrons. The molecule has 0 heterocycles. The van der Waals surface area contributed by atoms with Crippen molar-refractivity contribution < 1.29 is 28.2 Å². The first kappa shape index (κ1) is 19.2. The van der Waals surface area contributed by atoms with Crippen LogP contribution in [0.5, 0.6) is 11.5 Å². The maximum Gasteiger partial charge on any atom is 0.337 e. The summed E-state index contributed by atoms with van der Waals surface area (Å²) in [5.41, 5.74) is 1.12. The summed E-state index contributed by atoms with van der Waals surface area (Å²) in [6, 6.07) is 8.90. The monoisotopic (exact) mass is 361 g/mol. The molecule has 0 fully saturated rings. The van der Waals surface area contributed by atoms with Gasteiger partial charge >= 0.3 is 5.97 Å². The maximum atomic E-state index is 13.6. The van der Waals surface area contributed by atoms with E-state index in [0.717, 1.165) is 0 Å². The van der Waals surface area contributed by atoms with Gasteiger partial charge in [-0.2, -0.15) is 0 Å². The molecule has 0 radical (unpaired) electrons. The predicted octanol–water partition coefficient (Wildman–Crippen LogP) is 3.34. The van der Waals surface area contributed by atoms with Gasteiger partial charge < -0.3 is 19.5 Å². The zero-order chi connectivity index (χ0) is 19.3. The molecule has 1 unspecified atom stereocenters. The molecule has 0 saturated heterocycles. The number of esters is 1. The molecule has 0 aromatic heterocycles. The second kappa shape index (κ2) is 8.33. The Bertz CT molecular complexity index is 822. The number of ether oxygens (including phenoxy) is 3. The number of nitrogens with one attached hydrogen (secondary N) is 1. The Balaban J connectivity index is 2.10. The van der Waals surface area contributed by atoms with Crippen molar-refractivity contribution in [1.82, 2.24) is 0 Å². The van der Waals surface area contributed by atoms with Crippen molar-refractivity contribution in [2.24, 2.45) is 0 Å². The third-order valence-corrected chi connectivity index (χ3v) is 3.70. The summed E-state index contributed by atoms with van der Waals surface area (Å²) in [6.45, 7) is 3.18. The van der Waals surface area contributed by atoms with Gasteiger partial charge in [0.2, 0.25) is 0 Å². The van der Waals surface area contributed by atoms with Gasteiger partial charge in [-0.3, -0.25) is 4.79 Å². The predicted molar refractivity (Wildman–Crippen MR) is 94.2 cm³/mol. The molecule has 1 N–H and O–H groups in total. The molecular formula is C19H20FNO5. The number of amides is 1. The first-order valence-corrected chi connectivity index (χ1v) is 7.85. The van der Waals surface area contributed by atoms with Crippen LogP contribution >= 0.6 is 0 Å². The van der Waals surface area contributed by atoms with Crippen molar-refractivity contribution in [2.45, 2.75) is 20.0 Å². The standard InChI is InChI=1S/C19H20FNO5/c1-11-5-7-14(10-15(11)20)21-18(22)12(2)26-16-8-6-13(19(23)25-4)9-17(16)24-3/h5-10,12H,1-4H3,(H,21,22). The molecule has 26 heavy (non-hydrogen) atoms. The van der Waals surface area contributed by atoms with Crippen molar-refractivity contribution in [2.75, 3.05) is 19.5 Å². The number of halogens is 1. The lowest BCUT2D eigenvalue weighted by molar-refractivity contribution is -0.122. The number of aryl methyl sites for hydroxylation is 1. The summed E-state index contributed by atoms with van der Waals surface area (Å²) in [5, 5.41) is 2.59. The molecule has 1 amide bonds. The number of benzene rings is 2. The van der Waals surface area contributed by atoms with Crippen molar-refractivity contribution in [1.29, 1.82) is 0 Å². The molecule has 0 aliphatic carbocycles. The van der Waals surface area contributed by atoms with E-state index >= 15 is 0 Å². The van der Waals surface area contributed by atoms with E-state index in [4.69, 9.17) is 9.47 Å². The minimum absolute atomic E-state index is 0.286. The highest BCUT2D eigenvalue weighted by atomic mass is 19.1. The van der Waals surface area contributed by atoms with E-state index in [0.29, 0.717) is 16.8 Å². The highest BCUT2D eigenvalue weighted by Crippen LogP contribution is 2.29. The Hall–Kier alpha value is -3.09. The molecular weight excluding hydrogens is 341 g/mol. The van der Waals surface area contributed by atoms with Crippen LogP contribution in [0.15, 0.2) is 36.4 Å². The average Bonchev–Trinajstić information content (AvgIpc) is 2.64. The highest BCUT2D eigenvalue weighted by Gasteiger charge is 2.19. The number of hydrogen-bond acceptors (Lipinski definition) is 5. The van der Waals surface area contributed by atoms with Crippen LogP contribution in [0.3, 0.4) is 0 Å². The Morgan fingerprint density at radius 1 is 1.08 bits per heavy atom. The van der Waals surface area contributed by atoms with Crippen LogP contribution in [0, 0.1) is 12.7 Å². The van der Waals surface area contributed by atoms with Crippen molar-refractivity contribution >= 4 is 17.6 Å². The van der Waals surface area contributed by atoms with Gasteiger partial charge in [-0.15, -0.1) is 0 Å². The minimum atomic E-state index is -0.878. The van der Waals surface area contributed by atoms with Crippen LogP contribution in [-0.2, 0) is 9.53 Å². The normalized spacial score (nSPS) is 11.4. The van der Waals surface area contributed by atoms with Gasteiger partial charge in [-0.25, -0.2) is 9.18 Å². The van der Waals surface area contributed by atoms with Gasteiger partial charge in [0, 0.05) is 5.69 Å². The lowest BCUT2D eigenvalue weighted by Gasteiger charge is -2.17. The SMILES string of the molecule is COC(=O)c1ccc(OC(C)C(=O)Nc2ccc(C)c(F)c2)c(OC)c1. The number of carbonyl (C=O) groups is 2. The van der Waals surface area contributed by atoms with Gasteiger partial charge in [0.05, 0.1) is 19.8 Å². The first-order valence-electron chi connectivity index (χ1n) is 7.85. The smallest absolute Gasteiger partial charge is 0.337 e. The fraction of sp³-hybridized carbons (Fsp3) is 0.263. The van der Waals surface area contributed by atoms with Crippen molar-refractivity contribution in [3.8, 4) is 11.5 Å². The third-order valence-electron chi connectivity index (χ3n) is 3.70. The van der Waals surface area contributed by atoms with E-state index in [1.54, 1.807) is 26.0 Å². The number of carbonyl (C=O) groups excluding carboxylic acids is 2. The van der Waals surface area contributed by atoms with Gasteiger partial charge in [-0.1, -0.05) is 6.07 Å². The summed E-state index contributed by atoms with van der Waals surface area (Å²) in [4.78, 5) is 23.8. The van der Waals surface area contributed by atoms with Gasteiger partial charge in [0.1, 0.15) is 5.82 Å². The summed E-state index contributed by atoms with van der Waals surface area (Å²) in [6.07, 6.45) is -0.878. The van der Waals surface area contributed by atoms with Crippen LogP contribution in [0.2, 0.25) is 0 Å². The van der Waals surface area contributed by atoms with E-state index in [2.05, 4.69) is 10.1 Å². The Labute approximate surface area is 150 Å². The van der Waals surface area contributed by atoms with Crippen LogP contribution in [0.25, 0.3) is 0 Å². The minimum Gasteiger partial charge on any atom is -0.493 e. The molecule has 0 aliphatic heterocycles. The zero-order valence-electron chi connectivity index (χ0n) is 15.0. The summed E-state index contributed by atoms with van der Waals surface area (Å²) < 4.78 is 29.0. The molecule has 2 rings (SSSR count). The number of hydrogen-bond donors (Lipinski definition) is 1. The van der Waals surface area contributed by atoms with E-state index in [-0.39, 0.29) is 11.5 Å². The first-order chi connectivity index (χ1) is 12.3. The average molecular weight is 361 g/mol. The fourth-order valence-electron chi connectivity index (χ4n) is 2.17. The highest BCUT2D eigenvalue weighted by molar-refractivity contribution is 5.94. The topological polar surface area (TPSA) is 73.9 Å². The Kier molecular flexibility index (Phi) is 6.16. The molecule has 2 aromatic rings. The van der Waals surface area contributed by atoms with E-state index in [9.17, 15) is 14.0 Å². The molecule has 7 heteroatoms.